The van der Waals surface area contributed by atoms with E-state index in [2.05, 4.69) is 0 Å². The summed E-state index contributed by atoms with van der Waals surface area (Å²) in [5.74, 6) is -2.72. The largest absolute Gasteiger partial charge is 0.487 e. The zero-order valence-corrected chi connectivity index (χ0v) is 9.08. The van der Waals surface area contributed by atoms with E-state index >= 15 is 0 Å². The van der Waals surface area contributed by atoms with E-state index in [1.54, 1.807) is 0 Å². The first-order valence-electron chi connectivity index (χ1n) is 5.37. The second-order valence-electron chi connectivity index (χ2n) is 4.29. The minimum atomic E-state index is -0.993. The summed E-state index contributed by atoms with van der Waals surface area (Å²) in [5, 5.41) is 8.78. The minimum Gasteiger partial charge on any atom is -0.487 e. The van der Waals surface area contributed by atoms with Gasteiger partial charge < -0.3 is 9.84 Å². The molecule has 1 aromatic rings. The van der Waals surface area contributed by atoms with E-state index in [9.17, 15) is 13.6 Å². The van der Waals surface area contributed by atoms with Gasteiger partial charge in [-0.05, 0) is 31.4 Å². The molecule has 1 fully saturated rings. The molecule has 0 heterocycles. The van der Waals surface area contributed by atoms with E-state index in [1.807, 2.05) is 0 Å². The summed E-state index contributed by atoms with van der Waals surface area (Å²) in [7, 11) is 0. The summed E-state index contributed by atoms with van der Waals surface area (Å²) in [6, 6.07) is 3.22. The molecule has 2 rings (SSSR count). The van der Waals surface area contributed by atoms with Crippen LogP contribution in [0.15, 0.2) is 18.2 Å². The highest BCUT2D eigenvalue weighted by Crippen LogP contribution is 2.39. The zero-order chi connectivity index (χ0) is 12.5. The Morgan fingerprint density at radius 3 is 2.53 bits per heavy atom. The summed E-state index contributed by atoms with van der Waals surface area (Å²) in [6.07, 6.45) is 2.01. The van der Waals surface area contributed by atoms with Gasteiger partial charge in [0.1, 0.15) is 11.4 Å². The smallest absolute Gasteiger partial charge is 0.307 e. The summed E-state index contributed by atoms with van der Waals surface area (Å²) in [6.45, 7) is 0. The molecule has 5 heteroatoms. The lowest BCUT2D eigenvalue weighted by molar-refractivity contribution is -0.144. The lowest BCUT2D eigenvalue weighted by Gasteiger charge is -2.40. The highest BCUT2D eigenvalue weighted by atomic mass is 19.2. The SMILES string of the molecule is O=C(O)CC1(Oc2ccc(F)c(F)c2)CCC1. The fourth-order valence-corrected chi connectivity index (χ4v) is 1.95. The number of hydrogen-bond acceptors (Lipinski definition) is 2. The molecular weight excluding hydrogens is 230 g/mol. The molecule has 0 atom stereocenters. The van der Waals surface area contributed by atoms with E-state index < -0.39 is 23.2 Å². The van der Waals surface area contributed by atoms with Crippen molar-refractivity contribution in [2.45, 2.75) is 31.3 Å². The number of ether oxygens (including phenoxy) is 1. The summed E-state index contributed by atoms with van der Waals surface area (Å²) in [5.41, 5.74) is -0.754. The number of carbonyl (C=O) groups is 1. The maximum Gasteiger partial charge on any atom is 0.307 e. The van der Waals surface area contributed by atoms with Crippen molar-refractivity contribution < 1.29 is 23.4 Å². The average Bonchev–Trinajstić information content (AvgIpc) is 2.19. The standard InChI is InChI=1S/C12H12F2O3/c13-9-3-2-8(6-10(9)14)17-12(4-1-5-12)7-11(15)16/h2-3,6H,1,4-5,7H2,(H,15,16). The van der Waals surface area contributed by atoms with Crippen molar-refractivity contribution >= 4 is 5.97 Å². The van der Waals surface area contributed by atoms with Crippen LogP contribution in [0.1, 0.15) is 25.7 Å². The predicted molar refractivity (Wildman–Crippen MR) is 55.8 cm³/mol. The number of aliphatic carboxylic acids is 1. The van der Waals surface area contributed by atoms with Gasteiger partial charge >= 0.3 is 5.97 Å². The molecule has 0 aromatic heterocycles. The lowest BCUT2D eigenvalue weighted by Crippen LogP contribution is -2.45. The van der Waals surface area contributed by atoms with Crippen LogP contribution in [0.3, 0.4) is 0 Å². The summed E-state index contributed by atoms with van der Waals surface area (Å²) >= 11 is 0. The molecule has 1 aliphatic rings. The van der Waals surface area contributed by atoms with Gasteiger partial charge in [-0.15, -0.1) is 0 Å². The van der Waals surface area contributed by atoms with Crippen LogP contribution in [0.2, 0.25) is 0 Å². The van der Waals surface area contributed by atoms with Gasteiger partial charge in [-0.2, -0.15) is 0 Å². The Balaban J connectivity index is 2.13. The summed E-state index contributed by atoms with van der Waals surface area (Å²) < 4.78 is 31.2. The normalized spacial score (nSPS) is 17.3. The molecule has 0 aliphatic heterocycles. The van der Waals surface area contributed by atoms with Gasteiger partial charge in [-0.3, -0.25) is 4.79 Å². The molecule has 1 N–H and O–H groups in total. The molecular formula is C12H12F2O3. The van der Waals surface area contributed by atoms with Crippen LogP contribution in [-0.4, -0.2) is 16.7 Å². The molecule has 92 valence electrons. The van der Waals surface area contributed by atoms with Crippen LogP contribution in [0.25, 0.3) is 0 Å². The van der Waals surface area contributed by atoms with Crippen LogP contribution < -0.4 is 4.74 Å². The van der Waals surface area contributed by atoms with Crippen molar-refractivity contribution in [2.24, 2.45) is 0 Å². The van der Waals surface area contributed by atoms with E-state index in [0.717, 1.165) is 18.6 Å². The molecule has 1 aromatic carbocycles. The number of rotatable bonds is 4. The molecule has 3 nitrogen and oxygen atoms in total. The van der Waals surface area contributed by atoms with Crippen molar-refractivity contribution in [3.63, 3.8) is 0 Å². The number of benzene rings is 1. The Labute approximate surface area is 97.0 Å². The molecule has 17 heavy (non-hydrogen) atoms. The molecule has 0 radical (unpaired) electrons. The van der Waals surface area contributed by atoms with Crippen molar-refractivity contribution in [3.8, 4) is 5.75 Å². The van der Waals surface area contributed by atoms with Crippen molar-refractivity contribution in [1.82, 2.24) is 0 Å². The minimum absolute atomic E-state index is 0.119. The first kappa shape index (κ1) is 11.8. The third-order valence-corrected chi connectivity index (χ3v) is 2.96. The van der Waals surface area contributed by atoms with Crippen LogP contribution >= 0.6 is 0 Å². The van der Waals surface area contributed by atoms with Gasteiger partial charge in [0.2, 0.25) is 0 Å². The van der Waals surface area contributed by atoms with Gasteiger partial charge in [0.25, 0.3) is 0 Å². The van der Waals surface area contributed by atoms with Gasteiger partial charge in [0.15, 0.2) is 11.6 Å². The van der Waals surface area contributed by atoms with Crippen molar-refractivity contribution in [1.29, 1.82) is 0 Å². The van der Waals surface area contributed by atoms with Crippen LogP contribution in [0.4, 0.5) is 8.78 Å². The quantitative estimate of drug-likeness (QED) is 0.883. The van der Waals surface area contributed by atoms with Gasteiger partial charge in [-0.1, -0.05) is 0 Å². The average molecular weight is 242 g/mol. The molecule has 0 amide bonds. The second-order valence-corrected chi connectivity index (χ2v) is 4.29. The predicted octanol–water partition coefficient (Wildman–Crippen LogP) is 2.74. The number of carboxylic acids is 1. The van der Waals surface area contributed by atoms with E-state index in [4.69, 9.17) is 9.84 Å². The highest BCUT2D eigenvalue weighted by molar-refractivity contribution is 5.68. The Morgan fingerprint density at radius 2 is 2.06 bits per heavy atom. The molecule has 1 aliphatic carbocycles. The molecule has 0 bridgehead atoms. The first-order chi connectivity index (χ1) is 8.01. The van der Waals surface area contributed by atoms with Crippen LogP contribution in [-0.2, 0) is 4.79 Å². The zero-order valence-electron chi connectivity index (χ0n) is 9.08. The van der Waals surface area contributed by atoms with Gasteiger partial charge in [0.05, 0.1) is 6.42 Å². The van der Waals surface area contributed by atoms with Crippen LogP contribution in [0.5, 0.6) is 5.75 Å². The van der Waals surface area contributed by atoms with Gasteiger partial charge in [-0.25, -0.2) is 8.78 Å². The molecule has 0 saturated heterocycles. The first-order valence-corrected chi connectivity index (χ1v) is 5.37. The Kier molecular flexibility index (Phi) is 3.00. The third kappa shape index (κ3) is 2.54. The fourth-order valence-electron chi connectivity index (χ4n) is 1.95. The number of hydrogen-bond donors (Lipinski definition) is 1. The highest BCUT2D eigenvalue weighted by Gasteiger charge is 2.41. The van der Waals surface area contributed by atoms with E-state index in [1.165, 1.54) is 6.07 Å². The van der Waals surface area contributed by atoms with Crippen molar-refractivity contribution in [2.75, 3.05) is 0 Å². The molecule has 0 unspecified atom stereocenters. The Morgan fingerprint density at radius 1 is 1.35 bits per heavy atom. The second kappa shape index (κ2) is 4.31. The third-order valence-electron chi connectivity index (χ3n) is 2.96. The summed E-state index contributed by atoms with van der Waals surface area (Å²) in [4.78, 5) is 10.7. The monoisotopic (exact) mass is 242 g/mol. The van der Waals surface area contributed by atoms with Crippen molar-refractivity contribution in [3.05, 3.63) is 29.8 Å². The topological polar surface area (TPSA) is 46.5 Å². The molecule has 1 saturated carbocycles. The van der Waals surface area contributed by atoms with Crippen LogP contribution in [0, 0.1) is 11.6 Å². The maximum absolute atomic E-state index is 13.0. The maximum atomic E-state index is 13.0. The lowest BCUT2D eigenvalue weighted by atomic mass is 9.77. The number of carboxylic acid groups (broad SMARTS) is 1. The molecule has 0 spiro atoms. The van der Waals surface area contributed by atoms with Gasteiger partial charge in [0, 0.05) is 6.07 Å². The fraction of sp³-hybridized carbons (Fsp3) is 0.417. The van der Waals surface area contributed by atoms with E-state index in [-0.39, 0.29) is 12.2 Å². The Hall–Kier alpha value is -1.65. The number of halogens is 2. The van der Waals surface area contributed by atoms with E-state index in [0.29, 0.717) is 12.8 Å². The Bertz CT molecular complexity index is 441.